The molecule has 0 fully saturated rings. The number of nitrogens with zero attached hydrogens (tertiary/aromatic N) is 1. The van der Waals surface area contributed by atoms with Crippen molar-refractivity contribution in [3.63, 3.8) is 0 Å². The largest absolute Gasteiger partial charge is 0.507 e. The van der Waals surface area contributed by atoms with E-state index in [0.717, 1.165) is 0 Å². The number of benzene rings is 2. The van der Waals surface area contributed by atoms with E-state index in [2.05, 4.69) is 0 Å². The summed E-state index contributed by atoms with van der Waals surface area (Å²) in [5, 5.41) is 9.87. The van der Waals surface area contributed by atoms with Crippen molar-refractivity contribution in [1.82, 2.24) is 0 Å². The number of amides is 1. The molecule has 2 aromatic rings. The fourth-order valence-corrected chi connectivity index (χ4v) is 2.00. The van der Waals surface area contributed by atoms with Crippen molar-refractivity contribution < 1.29 is 24.2 Å². The molecule has 132 valence electrons. The SMILES string of the molecule is CN(C(=O)Oc1ccc(O)c(C(=O)OC(C)(C)C)c1)c1ccccc1. The Labute approximate surface area is 146 Å². The zero-order valence-electron chi connectivity index (χ0n) is 14.6. The normalized spacial score (nSPS) is 10.9. The van der Waals surface area contributed by atoms with Crippen LogP contribution in [0.3, 0.4) is 0 Å². The molecule has 0 saturated heterocycles. The van der Waals surface area contributed by atoms with Crippen LogP contribution in [0.4, 0.5) is 10.5 Å². The summed E-state index contributed by atoms with van der Waals surface area (Å²) < 4.78 is 10.5. The van der Waals surface area contributed by atoms with Crippen LogP contribution in [-0.4, -0.2) is 29.8 Å². The lowest BCUT2D eigenvalue weighted by atomic mass is 10.1. The highest BCUT2D eigenvalue weighted by molar-refractivity contribution is 5.94. The smallest absolute Gasteiger partial charge is 0.419 e. The Balaban J connectivity index is 2.16. The van der Waals surface area contributed by atoms with E-state index in [4.69, 9.17) is 9.47 Å². The maximum Gasteiger partial charge on any atom is 0.419 e. The van der Waals surface area contributed by atoms with Gasteiger partial charge in [0.2, 0.25) is 0 Å². The van der Waals surface area contributed by atoms with Crippen molar-refractivity contribution in [3.05, 3.63) is 54.1 Å². The van der Waals surface area contributed by atoms with E-state index in [0.29, 0.717) is 5.69 Å². The molecule has 0 atom stereocenters. The molecule has 2 rings (SSSR count). The molecular weight excluding hydrogens is 322 g/mol. The molecule has 1 N–H and O–H groups in total. The summed E-state index contributed by atoms with van der Waals surface area (Å²) in [6.07, 6.45) is -0.618. The number of ether oxygens (including phenoxy) is 2. The Morgan fingerprint density at radius 2 is 1.68 bits per heavy atom. The van der Waals surface area contributed by atoms with Crippen LogP contribution < -0.4 is 9.64 Å². The number of aromatic hydroxyl groups is 1. The van der Waals surface area contributed by atoms with Crippen LogP contribution in [-0.2, 0) is 4.74 Å². The van der Waals surface area contributed by atoms with Gasteiger partial charge in [-0.1, -0.05) is 18.2 Å². The monoisotopic (exact) mass is 343 g/mol. The number of anilines is 1. The Bertz CT molecular complexity index is 765. The maximum atomic E-state index is 12.2. The molecule has 0 spiro atoms. The third-order valence-corrected chi connectivity index (χ3v) is 3.21. The molecule has 0 aliphatic heterocycles. The first-order valence-corrected chi connectivity index (χ1v) is 7.74. The fourth-order valence-electron chi connectivity index (χ4n) is 2.00. The summed E-state index contributed by atoms with van der Waals surface area (Å²) >= 11 is 0. The molecule has 0 radical (unpaired) electrons. The summed E-state index contributed by atoms with van der Waals surface area (Å²) in [6.45, 7) is 5.17. The number of para-hydroxylation sites is 1. The lowest BCUT2D eigenvalue weighted by Gasteiger charge is -2.20. The number of phenolic OH excluding ortho intramolecular Hbond substituents is 1. The first-order valence-electron chi connectivity index (χ1n) is 7.74. The molecule has 2 aromatic carbocycles. The highest BCUT2D eigenvalue weighted by atomic mass is 16.6. The number of carbonyl (C=O) groups is 2. The van der Waals surface area contributed by atoms with Gasteiger partial charge >= 0.3 is 12.1 Å². The predicted molar refractivity (Wildman–Crippen MR) is 94.1 cm³/mol. The number of rotatable bonds is 3. The van der Waals surface area contributed by atoms with E-state index < -0.39 is 17.7 Å². The van der Waals surface area contributed by atoms with Gasteiger partial charge in [-0.2, -0.15) is 0 Å². The Morgan fingerprint density at radius 1 is 1.04 bits per heavy atom. The highest BCUT2D eigenvalue weighted by Crippen LogP contribution is 2.26. The average molecular weight is 343 g/mol. The van der Waals surface area contributed by atoms with E-state index in [1.807, 2.05) is 6.07 Å². The van der Waals surface area contributed by atoms with Gasteiger partial charge in [-0.05, 0) is 51.1 Å². The first-order chi connectivity index (χ1) is 11.7. The Kier molecular flexibility index (Phi) is 5.32. The van der Waals surface area contributed by atoms with Gasteiger partial charge in [-0.15, -0.1) is 0 Å². The minimum absolute atomic E-state index is 0.0670. The third-order valence-electron chi connectivity index (χ3n) is 3.21. The van der Waals surface area contributed by atoms with Gasteiger partial charge < -0.3 is 14.6 Å². The van der Waals surface area contributed by atoms with Gasteiger partial charge in [-0.25, -0.2) is 9.59 Å². The fraction of sp³-hybridized carbons (Fsp3) is 0.263. The van der Waals surface area contributed by atoms with Crippen molar-refractivity contribution in [2.45, 2.75) is 26.4 Å². The number of carbonyl (C=O) groups excluding carboxylic acids is 2. The summed E-state index contributed by atoms with van der Waals surface area (Å²) in [5.74, 6) is -0.809. The molecule has 1 amide bonds. The van der Waals surface area contributed by atoms with Crippen molar-refractivity contribution >= 4 is 17.7 Å². The van der Waals surface area contributed by atoms with E-state index in [1.54, 1.807) is 52.1 Å². The molecule has 25 heavy (non-hydrogen) atoms. The number of phenols is 1. The van der Waals surface area contributed by atoms with Crippen LogP contribution in [0.5, 0.6) is 11.5 Å². The van der Waals surface area contributed by atoms with E-state index >= 15 is 0 Å². The summed E-state index contributed by atoms with van der Waals surface area (Å²) in [6, 6.07) is 13.0. The molecular formula is C19H21NO5. The lowest BCUT2D eigenvalue weighted by molar-refractivity contribution is 0.00663. The van der Waals surface area contributed by atoms with Gasteiger partial charge in [0.1, 0.15) is 22.7 Å². The first kappa shape index (κ1) is 18.3. The number of hydrogen-bond acceptors (Lipinski definition) is 5. The van der Waals surface area contributed by atoms with Gasteiger partial charge in [-0.3, -0.25) is 4.90 Å². The van der Waals surface area contributed by atoms with Crippen LogP contribution in [0.1, 0.15) is 31.1 Å². The molecule has 0 aliphatic rings. The van der Waals surface area contributed by atoms with Gasteiger partial charge in [0.25, 0.3) is 0 Å². The van der Waals surface area contributed by atoms with Gasteiger partial charge in [0.15, 0.2) is 0 Å². The van der Waals surface area contributed by atoms with E-state index in [9.17, 15) is 14.7 Å². The van der Waals surface area contributed by atoms with E-state index in [-0.39, 0.29) is 17.1 Å². The molecule has 6 nitrogen and oxygen atoms in total. The van der Waals surface area contributed by atoms with Crippen molar-refractivity contribution in [1.29, 1.82) is 0 Å². The molecule has 0 aliphatic carbocycles. The van der Waals surface area contributed by atoms with Crippen LogP contribution in [0.15, 0.2) is 48.5 Å². The van der Waals surface area contributed by atoms with Gasteiger partial charge in [0.05, 0.1) is 0 Å². The third kappa shape index (κ3) is 4.97. The van der Waals surface area contributed by atoms with Crippen LogP contribution in [0.2, 0.25) is 0 Å². The maximum absolute atomic E-state index is 12.2. The number of hydrogen-bond donors (Lipinski definition) is 1. The molecule has 0 saturated carbocycles. The Hall–Kier alpha value is -3.02. The molecule has 0 aromatic heterocycles. The van der Waals surface area contributed by atoms with E-state index in [1.165, 1.54) is 23.1 Å². The van der Waals surface area contributed by atoms with Crippen LogP contribution in [0, 0.1) is 0 Å². The molecule has 6 heteroatoms. The minimum Gasteiger partial charge on any atom is -0.507 e. The molecule has 0 unspecified atom stereocenters. The summed E-state index contributed by atoms with van der Waals surface area (Å²) in [5.41, 5.74) is -0.106. The molecule has 0 bridgehead atoms. The zero-order chi connectivity index (χ0) is 18.6. The lowest BCUT2D eigenvalue weighted by Crippen LogP contribution is -2.29. The topological polar surface area (TPSA) is 76.1 Å². The highest BCUT2D eigenvalue weighted by Gasteiger charge is 2.22. The summed E-state index contributed by atoms with van der Waals surface area (Å²) in [7, 11) is 1.58. The second-order valence-corrected chi connectivity index (χ2v) is 6.44. The van der Waals surface area contributed by atoms with Crippen LogP contribution >= 0.6 is 0 Å². The standard InChI is InChI=1S/C19H21NO5/c1-19(2,3)25-17(22)15-12-14(10-11-16(15)21)24-18(23)20(4)13-8-6-5-7-9-13/h5-12,21H,1-4H3. The second kappa shape index (κ2) is 7.25. The average Bonchev–Trinajstić information content (AvgIpc) is 2.55. The second-order valence-electron chi connectivity index (χ2n) is 6.44. The number of esters is 1. The predicted octanol–water partition coefficient (Wildman–Crippen LogP) is 3.98. The zero-order valence-corrected chi connectivity index (χ0v) is 14.6. The van der Waals surface area contributed by atoms with Crippen LogP contribution in [0.25, 0.3) is 0 Å². The van der Waals surface area contributed by atoms with Crippen molar-refractivity contribution in [2.24, 2.45) is 0 Å². The summed E-state index contributed by atoms with van der Waals surface area (Å²) in [4.78, 5) is 25.7. The van der Waals surface area contributed by atoms with Crippen molar-refractivity contribution in [2.75, 3.05) is 11.9 Å². The Morgan fingerprint density at radius 3 is 2.28 bits per heavy atom. The van der Waals surface area contributed by atoms with Crippen molar-refractivity contribution in [3.8, 4) is 11.5 Å². The molecule has 0 heterocycles. The quantitative estimate of drug-likeness (QED) is 0.853. The van der Waals surface area contributed by atoms with Gasteiger partial charge in [0, 0.05) is 12.7 Å². The minimum atomic E-state index is -0.705.